The Morgan fingerprint density at radius 3 is 2.75 bits per heavy atom. The van der Waals surface area contributed by atoms with Gasteiger partial charge in [0.05, 0.1) is 25.2 Å². The van der Waals surface area contributed by atoms with Crippen LogP contribution in [0.15, 0.2) is 36.7 Å². The van der Waals surface area contributed by atoms with Crippen LogP contribution in [0.3, 0.4) is 0 Å². The van der Waals surface area contributed by atoms with Crippen LogP contribution in [0.1, 0.15) is 54.0 Å². The number of ether oxygens (including phenoxy) is 2. The third-order valence-electron chi connectivity index (χ3n) is 6.23. The number of benzene rings is 1. The van der Waals surface area contributed by atoms with Gasteiger partial charge in [-0.05, 0) is 31.7 Å². The van der Waals surface area contributed by atoms with Crippen LogP contribution in [0.2, 0.25) is 0 Å². The number of aromatic nitrogens is 2. The highest BCUT2D eigenvalue weighted by Gasteiger charge is 2.32. The summed E-state index contributed by atoms with van der Waals surface area (Å²) in [6.45, 7) is 6.08. The average molecular weight is 441 g/mol. The van der Waals surface area contributed by atoms with Crippen molar-refractivity contribution in [2.24, 2.45) is 5.92 Å². The van der Waals surface area contributed by atoms with Gasteiger partial charge in [0.1, 0.15) is 6.10 Å². The summed E-state index contributed by atoms with van der Waals surface area (Å²) in [5.74, 6) is -0.0403. The molecule has 1 aromatic carbocycles. The average Bonchev–Trinajstić information content (AvgIpc) is 3.27. The zero-order valence-corrected chi connectivity index (χ0v) is 18.7. The van der Waals surface area contributed by atoms with Crippen LogP contribution in [0, 0.1) is 5.92 Å². The normalized spacial score (nSPS) is 18.9. The molecule has 1 fully saturated rings. The maximum Gasteiger partial charge on any atom is 0.274 e. The van der Waals surface area contributed by atoms with Crippen LogP contribution in [-0.2, 0) is 27.4 Å². The lowest BCUT2D eigenvalue weighted by molar-refractivity contribution is -0.126. The van der Waals surface area contributed by atoms with E-state index in [0.29, 0.717) is 64.5 Å². The van der Waals surface area contributed by atoms with Crippen LogP contribution in [0.5, 0.6) is 0 Å². The molecule has 32 heavy (non-hydrogen) atoms. The molecule has 2 aromatic rings. The molecule has 3 heterocycles. The van der Waals surface area contributed by atoms with Gasteiger partial charge in [-0.2, -0.15) is 0 Å². The van der Waals surface area contributed by atoms with E-state index in [1.54, 1.807) is 6.33 Å². The van der Waals surface area contributed by atoms with Gasteiger partial charge in [-0.3, -0.25) is 9.59 Å². The number of imidazole rings is 1. The maximum atomic E-state index is 13.1. The Hall–Kier alpha value is -2.71. The second-order valence-corrected chi connectivity index (χ2v) is 8.31. The summed E-state index contributed by atoms with van der Waals surface area (Å²) >= 11 is 0. The monoisotopic (exact) mass is 440 g/mol. The van der Waals surface area contributed by atoms with E-state index in [1.165, 1.54) is 0 Å². The molecule has 1 N–H and O–H groups in total. The molecule has 0 unspecified atom stereocenters. The van der Waals surface area contributed by atoms with E-state index in [2.05, 4.69) is 22.4 Å². The molecule has 4 rings (SSSR count). The Kier molecular flexibility index (Phi) is 7.55. The van der Waals surface area contributed by atoms with Crippen molar-refractivity contribution in [3.63, 3.8) is 0 Å². The summed E-state index contributed by atoms with van der Waals surface area (Å²) in [5, 5.41) is 2.99. The van der Waals surface area contributed by atoms with Gasteiger partial charge < -0.3 is 24.3 Å². The highest BCUT2D eigenvalue weighted by atomic mass is 16.5. The van der Waals surface area contributed by atoms with Gasteiger partial charge in [0, 0.05) is 38.8 Å². The first-order valence-corrected chi connectivity index (χ1v) is 11.5. The van der Waals surface area contributed by atoms with Crippen molar-refractivity contribution in [2.75, 3.05) is 32.8 Å². The van der Waals surface area contributed by atoms with Gasteiger partial charge in [-0.25, -0.2) is 4.98 Å². The minimum atomic E-state index is -0.0731. The number of fused-ring (bicyclic) bond motifs is 1. The standard InChI is InChI=1S/C24H32N4O4/c1-2-31-14-6-11-25-23(29)19-9-12-27(13-10-19)24(30)22-20-16-32-21(15-28(20)17-26-22)18-7-4-3-5-8-18/h3-5,7-8,17,19,21H,2,6,9-16H2,1H3,(H,25,29)/t21-/m0/s1. The quantitative estimate of drug-likeness (QED) is 0.638. The Morgan fingerprint density at radius 1 is 1.22 bits per heavy atom. The summed E-state index contributed by atoms with van der Waals surface area (Å²) in [6.07, 6.45) is 3.86. The third-order valence-corrected chi connectivity index (χ3v) is 6.23. The Morgan fingerprint density at radius 2 is 2.00 bits per heavy atom. The van der Waals surface area contributed by atoms with E-state index in [-0.39, 0.29) is 23.8 Å². The van der Waals surface area contributed by atoms with Crippen molar-refractivity contribution in [1.29, 1.82) is 0 Å². The van der Waals surface area contributed by atoms with E-state index in [0.717, 1.165) is 17.7 Å². The molecule has 0 saturated carbocycles. The fourth-order valence-electron chi connectivity index (χ4n) is 4.34. The van der Waals surface area contributed by atoms with E-state index >= 15 is 0 Å². The van der Waals surface area contributed by atoms with E-state index in [9.17, 15) is 9.59 Å². The lowest BCUT2D eigenvalue weighted by atomic mass is 9.95. The molecular formula is C24H32N4O4. The zero-order valence-electron chi connectivity index (χ0n) is 18.7. The van der Waals surface area contributed by atoms with Crippen molar-refractivity contribution in [2.45, 2.75) is 45.4 Å². The van der Waals surface area contributed by atoms with E-state index < -0.39 is 0 Å². The second-order valence-electron chi connectivity index (χ2n) is 8.31. The van der Waals surface area contributed by atoms with Gasteiger partial charge in [-0.15, -0.1) is 0 Å². The third kappa shape index (κ3) is 5.19. The Balaban J connectivity index is 1.28. The first-order valence-electron chi connectivity index (χ1n) is 11.5. The smallest absolute Gasteiger partial charge is 0.274 e. The van der Waals surface area contributed by atoms with Crippen LogP contribution in [0.25, 0.3) is 0 Å². The molecule has 1 aromatic heterocycles. The topological polar surface area (TPSA) is 85.7 Å². The highest BCUT2D eigenvalue weighted by Crippen LogP contribution is 2.28. The highest BCUT2D eigenvalue weighted by molar-refractivity contribution is 5.93. The molecule has 172 valence electrons. The van der Waals surface area contributed by atoms with Crippen molar-refractivity contribution in [3.8, 4) is 0 Å². The molecule has 0 bridgehead atoms. The fourth-order valence-corrected chi connectivity index (χ4v) is 4.34. The number of hydrogen-bond donors (Lipinski definition) is 1. The van der Waals surface area contributed by atoms with Gasteiger partial charge in [-0.1, -0.05) is 30.3 Å². The lowest BCUT2D eigenvalue weighted by Gasteiger charge is -2.31. The summed E-state index contributed by atoms with van der Waals surface area (Å²) in [6, 6.07) is 10.1. The summed E-state index contributed by atoms with van der Waals surface area (Å²) < 4.78 is 13.4. The summed E-state index contributed by atoms with van der Waals surface area (Å²) in [5.41, 5.74) is 2.42. The predicted octanol–water partition coefficient (Wildman–Crippen LogP) is 2.55. The first kappa shape index (κ1) is 22.5. The number of nitrogens with one attached hydrogen (secondary N) is 1. The number of hydrogen-bond acceptors (Lipinski definition) is 5. The summed E-state index contributed by atoms with van der Waals surface area (Å²) in [4.78, 5) is 31.7. The van der Waals surface area contributed by atoms with E-state index in [4.69, 9.17) is 9.47 Å². The molecule has 0 aliphatic carbocycles. The van der Waals surface area contributed by atoms with E-state index in [1.807, 2.05) is 34.6 Å². The lowest BCUT2D eigenvalue weighted by Crippen LogP contribution is -2.43. The molecule has 2 aliphatic rings. The van der Waals surface area contributed by atoms with Crippen molar-refractivity contribution in [1.82, 2.24) is 19.8 Å². The van der Waals surface area contributed by atoms with Crippen molar-refractivity contribution < 1.29 is 19.1 Å². The molecule has 2 amide bonds. The maximum absolute atomic E-state index is 13.1. The predicted molar refractivity (Wildman–Crippen MR) is 119 cm³/mol. The van der Waals surface area contributed by atoms with Crippen molar-refractivity contribution in [3.05, 3.63) is 53.6 Å². The minimum absolute atomic E-state index is 0.0383. The Bertz CT molecular complexity index is 906. The number of piperidine rings is 1. The largest absolute Gasteiger partial charge is 0.382 e. The minimum Gasteiger partial charge on any atom is -0.382 e. The molecule has 1 saturated heterocycles. The zero-order chi connectivity index (χ0) is 22.3. The molecule has 1 atom stereocenters. The SMILES string of the molecule is CCOCCCNC(=O)C1CCN(C(=O)c2ncn3c2CO[C@H](c2ccccc2)C3)CC1. The van der Waals surface area contributed by atoms with Crippen LogP contribution in [0.4, 0.5) is 0 Å². The van der Waals surface area contributed by atoms with Gasteiger partial charge in [0.2, 0.25) is 5.91 Å². The van der Waals surface area contributed by atoms with Gasteiger partial charge in [0.25, 0.3) is 5.91 Å². The van der Waals surface area contributed by atoms with Gasteiger partial charge >= 0.3 is 0 Å². The van der Waals surface area contributed by atoms with Gasteiger partial charge in [0.15, 0.2) is 5.69 Å². The number of amides is 2. The molecular weight excluding hydrogens is 408 g/mol. The first-order chi connectivity index (χ1) is 15.7. The molecule has 8 heteroatoms. The molecule has 8 nitrogen and oxygen atoms in total. The second kappa shape index (κ2) is 10.7. The van der Waals surface area contributed by atoms with Crippen molar-refractivity contribution >= 4 is 11.8 Å². The number of rotatable bonds is 8. The molecule has 0 radical (unpaired) electrons. The number of nitrogens with zero attached hydrogens (tertiary/aromatic N) is 3. The molecule has 2 aliphatic heterocycles. The number of likely N-dealkylation sites (tertiary alicyclic amines) is 1. The Labute approximate surface area is 188 Å². The van der Waals surface area contributed by atoms with Crippen LogP contribution < -0.4 is 5.32 Å². The number of carbonyl (C=O) groups excluding carboxylic acids is 2. The summed E-state index contributed by atoms with van der Waals surface area (Å²) in [7, 11) is 0. The number of carbonyl (C=O) groups is 2. The fraction of sp³-hybridized carbons (Fsp3) is 0.542. The van der Waals surface area contributed by atoms with Crippen LogP contribution >= 0.6 is 0 Å². The molecule has 0 spiro atoms. The van der Waals surface area contributed by atoms with Crippen LogP contribution in [-0.4, -0.2) is 59.1 Å².